The molecular weight excluding hydrogens is 366 g/mol. The summed E-state index contributed by atoms with van der Waals surface area (Å²) in [5, 5.41) is 3.22. The number of benzene rings is 2. The van der Waals surface area contributed by atoms with Crippen LogP contribution in [0.1, 0.15) is 22.8 Å². The molecule has 0 bridgehead atoms. The van der Waals surface area contributed by atoms with Crippen LogP contribution < -0.4 is 10.1 Å². The minimum Gasteiger partial charge on any atom is -0.492 e. The molecule has 0 saturated carbocycles. The molecule has 0 aliphatic carbocycles. The molecule has 0 saturated heterocycles. The van der Waals surface area contributed by atoms with Gasteiger partial charge in [-0.1, -0.05) is 46.6 Å². The highest BCUT2D eigenvalue weighted by Gasteiger charge is 2.10. The SMILES string of the molecule is CCc1ccc(OCCNC(=O)c2cc(Br)ccc2Cl)cc1. The topological polar surface area (TPSA) is 38.3 Å². The van der Waals surface area contributed by atoms with E-state index >= 15 is 0 Å². The largest absolute Gasteiger partial charge is 0.492 e. The average molecular weight is 383 g/mol. The predicted octanol–water partition coefficient (Wildman–Crippen LogP) is 4.47. The molecule has 2 aromatic rings. The Bertz CT molecular complexity index is 644. The fraction of sp³-hybridized carbons (Fsp3) is 0.235. The second-order valence-electron chi connectivity index (χ2n) is 4.73. The van der Waals surface area contributed by atoms with Gasteiger partial charge in [0, 0.05) is 4.47 Å². The predicted molar refractivity (Wildman–Crippen MR) is 92.8 cm³/mol. The van der Waals surface area contributed by atoms with E-state index in [0.29, 0.717) is 23.7 Å². The smallest absolute Gasteiger partial charge is 0.252 e. The number of ether oxygens (including phenoxy) is 1. The van der Waals surface area contributed by atoms with Crippen molar-refractivity contribution in [2.45, 2.75) is 13.3 Å². The van der Waals surface area contributed by atoms with Crippen LogP contribution in [-0.4, -0.2) is 19.1 Å². The lowest BCUT2D eigenvalue weighted by Gasteiger charge is -2.09. The minimum absolute atomic E-state index is 0.212. The Morgan fingerprint density at radius 1 is 1.23 bits per heavy atom. The van der Waals surface area contributed by atoms with Gasteiger partial charge in [-0.05, 0) is 42.3 Å². The number of carbonyl (C=O) groups excluding carboxylic acids is 1. The normalized spacial score (nSPS) is 10.3. The van der Waals surface area contributed by atoms with Gasteiger partial charge in [0.1, 0.15) is 12.4 Å². The molecule has 0 radical (unpaired) electrons. The number of nitrogens with one attached hydrogen (secondary N) is 1. The molecular formula is C17H17BrClNO2. The third-order valence-corrected chi connectivity index (χ3v) is 3.98. The van der Waals surface area contributed by atoms with E-state index in [2.05, 4.69) is 28.2 Å². The van der Waals surface area contributed by atoms with E-state index < -0.39 is 0 Å². The Hall–Kier alpha value is -1.52. The molecule has 116 valence electrons. The first kappa shape index (κ1) is 16.8. The number of hydrogen-bond acceptors (Lipinski definition) is 2. The number of carbonyl (C=O) groups is 1. The highest BCUT2D eigenvalue weighted by Crippen LogP contribution is 2.20. The lowest BCUT2D eigenvalue weighted by molar-refractivity contribution is 0.0947. The van der Waals surface area contributed by atoms with Gasteiger partial charge in [0.2, 0.25) is 0 Å². The van der Waals surface area contributed by atoms with Crippen LogP contribution in [0.2, 0.25) is 5.02 Å². The minimum atomic E-state index is -0.212. The molecule has 0 aromatic heterocycles. The molecule has 0 atom stereocenters. The monoisotopic (exact) mass is 381 g/mol. The van der Waals surface area contributed by atoms with Crippen LogP contribution >= 0.6 is 27.5 Å². The third-order valence-electron chi connectivity index (χ3n) is 3.16. The summed E-state index contributed by atoms with van der Waals surface area (Å²) in [7, 11) is 0. The number of aryl methyl sites for hydroxylation is 1. The molecule has 5 heteroatoms. The van der Waals surface area contributed by atoms with Crippen LogP contribution in [0.25, 0.3) is 0 Å². The number of amides is 1. The molecule has 0 aliphatic heterocycles. The maximum absolute atomic E-state index is 12.0. The van der Waals surface area contributed by atoms with Crippen molar-refractivity contribution < 1.29 is 9.53 Å². The molecule has 0 fully saturated rings. The molecule has 0 spiro atoms. The summed E-state index contributed by atoms with van der Waals surface area (Å²) in [5.41, 5.74) is 1.72. The van der Waals surface area contributed by atoms with Gasteiger partial charge >= 0.3 is 0 Å². The van der Waals surface area contributed by atoms with Crippen molar-refractivity contribution >= 4 is 33.4 Å². The number of hydrogen-bond donors (Lipinski definition) is 1. The fourth-order valence-electron chi connectivity index (χ4n) is 1.92. The van der Waals surface area contributed by atoms with Crippen LogP contribution in [0.3, 0.4) is 0 Å². The van der Waals surface area contributed by atoms with E-state index in [9.17, 15) is 4.79 Å². The van der Waals surface area contributed by atoms with Gasteiger partial charge in [0.25, 0.3) is 5.91 Å². The van der Waals surface area contributed by atoms with Crippen LogP contribution in [0, 0.1) is 0 Å². The second-order valence-corrected chi connectivity index (χ2v) is 6.05. The van der Waals surface area contributed by atoms with Crippen molar-refractivity contribution in [3.05, 3.63) is 63.1 Å². The molecule has 3 nitrogen and oxygen atoms in total. The summed E-state index contributed by atoms with van der Waals surface area (Å²) in [6.07, 6.45) is 1.00. The van der Waals surface area contributed by atoms with Gasteiger partial charge in [-0.25, -0.2) is 0 Å². The van der Waals surface area contributed by atoms with Crippen LogP contribution in [0.4, 0.5) is 0 Å². The maximum atomic E-state index is 12.0. The third kappa shape index (κ3) is 4.75. The second kappa shape index (κ2) is 8.20. The van der Waals surface area contributed by atoms with Gasteiger partial charge in [-0.15, -0.1) is 0 Å². The van der Waals surface area contributed by atoms with Crippen molar-refractivity contribution in [2.75, 3.05) is 13.2 Å². The molecule has 1 N–H and O–H groups in total. The quantitative estimate of drug-likeness (QED) is 0.748. The van der Waals surface area contributed by atoms with Gasteiger partial charge in [-0.2, -0.15) is 0 Å². The van der Waals surface area contributed by atoms with E-state index in [4.69, 9.17) is 16.3 Å². The Morgan fingerprint density at radius 3 is 2.64 bits per heavy atom. The first-order chi connectivity index (χ1) is 10.6. The zero-order valence-corrected chi connectivity index (χ0v) is 14.6. The van der Waals surface area contributed by atoms with E-state index in [-0.39, 0.29) is 5.91 Å². The molecule has 0 aliphatic rings. The summed E-state index contributed by atoms with van der Waals surface area (Å²) in [6.45, 7) is 2.93. The lowest BCUT2D eigenvalue weighted by Crippen LogP contribution is -2.28. The van der Waals surface area contributed by atoms with Crippen molar-refractivity contribution in [1.29, 1.82) is 0 Å². The van der Waals surface area contributed by atoms with Gasteiger partial charge in [0.15, 0.2) is 0 Å². The van der Waals surface area contributed by atoms with E-state index in [1.54, 1.807) is 18.2 Å². The van der Waals surface area contributed by atoms with Crippen LogP contribution in [-0.2, 0) is 6.42 Å². The molecule has 2 aromatic carbocycles. The summed E-state index contributed by atoms with van der Waals surface area (Å²) in [4.78, 5) is 12.0. The molecule has 22 heavy (non-hydrogen) atoms. The molecule has 0 unspecified atom stereocenters. The summed E-state index contributed by atoms with van der Waals surface area (Å²) >= 11 is 9.34. The Labute approximate surface area is 143 Å². The summed E-state index contributed by atoms with van der Waals surface area (Å²) < 4.78 is 6.40. The zero-order chi connectivity index (χ0) is 15.9. The first-order valence-corrected chi connectivity index (χ1v) is 8.22. The van der Waals surface area contributed by atoms with Crippen molar-refractivity contribution in [3.8, 4) is 5.75 Å². The van der Waals surface area contributed by atoms with Crippen molar-refractivity contribution in [3.63, 3.8) is 0 Å². The highest BCUT2D eigenvalue weighted by atomic mass is 79.9. The van der Waals surface area contributed by atoms with Crippen LogP contribution in [0.15, 0.2) is 46.9 Å². The highest BCUT2D eigenvalue weighted by molar-refractivity contribution is 9.10. The van der Waals surface area contributed by atoms with E-state index in [1.165, 1.54) is 5.56 Å². The molecule has 0 heterocycles. The molecule has 1 amide bonds. The standard InChI is InChI=1S/C17H17BrClNO2/c1-2-12-3-6-14(7-4-12)22-10-9-20-17(21)15-11-13(18)5-8-16(15)19/h3-8,11H,2,9-10H2,1H3,(H,20,21). The Morgan fingerprint density at radius 2 is 1.95 bits per heavy atom. The maximum Gasteiger partial charge on any atom is 0.252 e. The Balaban J connectivity index is 1.80. The van der Waals surface area contributed by atoms with E-state index in [1.807, 2.05) is 24.3 Å². The number of halogens is 2. The average Bonchev–Trinajstić information content (AvgIpc) is 2.54. The first-order valence-electron chi connectivity index (χ1n) is 7.05. The van der Waals surface area contributed by atoms with E-state index in [0.717, 1.165) is 16.6 Å². The fourth-order valence-corrected chi connectivity index (χ4v) is 2.49. The summed E-state index contributed by atoms with van der Waals surface area (Å²) in [6, 6.07) is 13.1. The van der Waals surface area contributed by atoms with Crippen molar-refractivity contribution in [1.82, 2.24) is 5.32 Å². The van der Waals surface area contributed by atoms with Crippen molar-refractivity contribution in [2.24, 2.45) is 0 Å². The van der Waals surface area contributed by atoms with Crippen LogP contribution in [0.5, 0.6) is 5.75 Å². The van der Waals surface area contributed by atoms with Gasteiger partial charge in [0.05, 0.1) is 17.1 Å². The number of rotatable bonds is 6. The lowest BCUT2D eigenvalue weighted by atomic mass is 10.2. The Kier molecular flexibility index (Phi) is 6.28. The zero-order valence-electron chi connectivity index (χ0n) is 12.2. The van der Waals surface area contributed by atoms with Gasteiger partial charge in [-0.3, -0.25) is 4.79 Å². The van der Waals surface area contributed by atoms with Gasteiger partial charge < -0.3 is 10.1 Å². The molecule has 2 rings (SSSR count). The summed E-state index contributed by atoms with van der Waals surface area (Å²) in [5.74, 6) is 0.586.